The Morgan fingerprint density at radius 3 is 2.58 bits per heavy atom. The summed E-state index contributed by atoms with van der Waals surface area (Å²) in [6.45, 7) is 3.10. The number of benzene rings is 1. The minimum absolute atomic E-state index is 0.196. The van der Waals surface area contributed by atoms with Crippen molar-refractivity contribution in [2.45, 2.75) is 39.5 Å². The van der Waals surface area contributed by atoms with Crippen molar-refractivity contribution in [1.82, 2.24) is 0 Å². The van der Waals surface area contributed by atoms with E-state index in [0.29, 0.717) is 0 Å². The van der Waals surface area contributed by atoms with Crippen molar-refractivity contribution in [3.63, 3.8) is 0 Å². The zero-order chi connectivity index (χ0) is 14.1. The Labute approximate surface area is 113 Å². The average Bonchev–Trinajstić information content (AvgIpc) is 2.36. The Balaban J connectivity index is 2.42. The molecular weight excluding hydrogens is 244 g/mol. The minimum Gasteiger partial charge on any atom is -0.428 e. The topological polar surface area (TPSA) is 52.6 Å². The molecule has 0 aliphatic rings. The van der Waals surface area contributed by atoms with Gasteiger partial charge in [0, 0.05) is 6.92 Å². The van der Waals surface area contributed by atoms with Crippen LogP contribution in [0.3, 0.4) is 0 Å². The lowest BCUT2D eigenvalue weighted by molar-refractivity contribution is -0.165. The molecule has 1 aromatic rings. The second-order valence-corrected chi connectivity index (χ2v) is 4.37. The van der Waals surface area contributed by atoms with Gasteiger partial charge < -0.3 is 9.47 Å². The van der Waals surface area contributed by atoms with Gasteiger partial charge in [-0.2, -0.15) is 0 Å². The Hall–Kier alpha value is -1.84. The van der Waals surface area contributed by atoms with E-state index in [1.807, 2.05) is 18.2 Å². The molecule has 0 heterocycles. The number of hydrogen-bond acceptors (Lipinski definition) is 4. The maximum absolute atomic E-state index is 11.5. The number of carbonyl (C=O) groups excluding carboxylic acids is 2. The van der Waals surface area contributed by atoms with E-state index < -0.39 is 11.9 Å². The van der Waals surface area contributed by atoms with Gasteiger partial charge in [0.25, 0.3) is 0 Å². The highest BCUT2D eigenvalue weighted by Crippen LogP contribution is 2.10. The first-order chi connectivity index (χ1) is 9.11. The number of carbonyl (C=O) groups is 2. The largest absolute Gasteiger partial charge is 0.428 e. The molecule has 0 spiro atoms. The van der Waals surface area contributed by atoms with Crippen molar-refractivity contribution in [3.8, 4) is 0 Å². The summed E-state index contributed by atoms with van der Waals surface area (Å²) in [7, 11) is 0. The van der Waals surface area contributed by atoms with Gasteiger partial charge in [0.2, 0.25) is 6.79 Å². The van der Waals surface area contributed by atoms with Crippen LogP contribution in [0.5, 0.6) is 0 Å². The standard InChI is InChI=1S/C15H20O4/c1-3-4-6-13-7-5-8-14(9-13)10-15(17)19-11-18-12(2)16/h5,7-9H,3-4,6,10-11H2,1-2H3. The van der Waals surface area contributed by atoms with Crippen molar-refractivity contribution in [2.75, 3.05) is 6.79 Å². The fourth-order valence-corrected chi connectivity index (χ4v) is 1.67. The number of unbranched alkanes of at least 4 members (excludes halogenated alkanes) is 1. The first-order valence-electron chi connectivity index (χ1n) is 6.48. The van der Waals surface area contributed by atoms with Gasteiger partial charge in [-0.1, -0.05) is 37.6 Å². The number of ether oxygens (including phenoxy) is 2. The third-order valence-electron chi connectivity index (χ3n) is 2.64. The van der Waals surface area contributed by atoms with E-state index in [0.717, 1.165) is 24.8 Å². The molecule has 0 amide bonds. The summed E-state index contributed by atoms with van der Waals surface area (Å²) < 4.78 is 9.34. The van der Waals surface area contributed by atoms with Crippen LogP contribution in [0, 0.1) is 0 Å². The van der Waals surface area contributed by atoms with Crippen LogP contribution in [0.15, 0.2) is 24.3 Å². The molecule has 4 heteroatoms. The van der Waals surface area contributed by atoms with Crippen molar-refractivity contribution in [2.24, 2.45) is 0 Å². The van der Waals surface area contributed by atoms with Gasteiger partial charge in [-0.3, -0.25) is 9.59 Å². The zero-order valence-corrected chi connectivity index (χ0v) is 11.5. The smallest absolute Gasteiger partial charge is 0.313 e. The predicted octanol–water partition coefficient (Wildman–Crippen LogP) is 2.64. The molecule has 0 aromatic heterocycles. The lowest BCUT2D eigenvalue weighted by atomic mass is 10.0. The SMILES string of the molecule is CCCCc1cccc(CC(=O)OCOC(C)=O)c1. The predicted molar refractivity (Wildman–Crippen MR) is 71.5 cm³/mol. The third kappa shape index (κ3) is 6.60. The van der Waals surface area contributed by atoms with Gasteiger partial charge in [0.15, 0.2) is 0 Å². The van der Waals surface area contributed by atoms with Gasteiger partial charge in [-0.05, 0) is 24.0 Å². The molecule has 0 aliphatic carbocycles. The highest BCUT2D eigenvalue weighted by Gasteiger charge is 2.06. The number of aryl methyl sites for hydroxylation is 1. The van der Waals surface area contributed by atoms with Gasteiger partial charge in [-0.25, -0.2) is 0 Å². The molecule has 0 fully saturated rings. The summed E-state index contributed by atoms with van der Waals surface area (Å²) >= 11 is 0. The van der Waals surface area contributed by atoms with Gasteiger partial charge >= 0.3 is 11.9 Å². The van der Waals surface area contributed by atoms with E-state index in [1.54, 1.807) is 0 Å². The van der Waals surface area contributed by atoms with Gasteiger partial charge in [-0.15, -0.1) is 0 Å². The normalized spacial score (nSPS) is 10.0. The first kappa shape index (κ1) is 15.2. The van der Waals surface area contributed by atoms with Crippen LogP contribution in [0.25, 0.3) is 0 Å². The average molecular weight is 264 g/mol. The van der Waals surface area contributed by atoms with Crippen molar-refractivity contribution in [3.05, 3.63) is 35.4 Å². The quantitative estimate of drug-likeness (QED) is 0.561. The molecule has 0 unspecified atom stereocenters. The molecule has 0 saturated carbocycles. The molecule has 0 aliphatic heterocycles. The molecule has 0 radical (unpaired) electrons. The molecule has 0 saturated heterocycles. The van der Waals surface area contributed by atoms with Gasteiger partial charge in [0.05, 0.1) is 6.42 Å². The van der Waals surface area contributed by atoms with Crippen molar-refractivity contribution < 1.29 is 19.1 Å². The van der Waals surface area contributed by atoms with Gasteiger partial charge in [0.1, 0.15) is 0 Å². The van der Waals surface area contributed by atoms with Crippen LogP contribution in [0.2, 0.25) is 0 Å². The second kappa shape index (κ2) is 8.29. The first-order valence-corrected chi connectivity index (χ1v) is 6.48. The highest BCUT2D eigenvalue weighted by molar-refractivity contribution is 5.72. The van der Waals surface area contributed by atoms with Crippen LogP contribution in [-0.2, 0) is 31.9 Å². The van der Waals surface area contributed by atoms with E-state index in [4.69, 9.17) is 4.74 Å². The molecule has 0 N–H and O–H groups in total. The highest BCUT2D eigenvalue weighted by atomic mass is 16.7. The maximum Gasteiger partial charge on any atom is 0.313 e. The Morgan fingerprint density at radius 1 is 1.16 bits per heavy atom. The van der Waals surface area contributed by atoms with Crippen LogP contribution in [-0.4, -0.2) is 18.7 Å². The fourth-order valence-electron chi connectivity index (χ4n) is 1.67. The molecule has 0 atom stereocenters. The third-order valence-corrected chi connectivity index (χ3v) is 2.64. The summed E-state index contributed by atoms with van der Waals surface area (Å²) in [5.41, 5.74) is 2.15. The van der Waals surface area contributed by atoms with Crippen LogP contribution >= 0.6 is 0 Å². The molecule has 4 nitrogen and oxygen atoms in total. The van der Waals surface area contributed by atoms with E-state index in [-0.39, 0.29) is 13.2 Å². The van der Waals surface area contributed by atoms with E-state index in [1.165, 1.54) is 12.5 Å². The van der Waals surface area contributed by atoms with E-state index >= 15 is 0 Å². The van der Waals surface area contributed by atoms with Crippen LogP contribution in [0.4, 0.5) is 0 Å². The molecule has 19 heavy (non-hydrogen) atoms. The fraction of sp³-hybridized carbons (Fsp3) is 0.467. The summed E-state index contributed by atoms with van der Waals surface area (Å²) in [5.74, 6) is -0.858. The van der Waals surface area contributed by atoms with E-state index in [9.17, 15) is 9.59 Å². The zero-order valence-electron chi connectivity index (χ0n) is 11.5. The van der Waals surface area contributed by atoms with Crippen LogP contribution < -0.4 is 0 Å². The molecule has 104 valence electrons. The Morgan fingerprint density at radius 2 is 1.89 bits per heavy atom. The van der Waals surface area contributed by atoms with Crippen molar-refractivity contribution in [1.29, 1.82) is 0 Å². The summed E-state index contributed by atoms with van der Waals surface area (Å²) in [5, 5.41) is 0. The summed E-state index contributed by atoms with van der Waals surface area (Å²) in [6.07, 6.45) is 3.50. The molecular formula is C15H20O4. The second-order valence-electron chi connectivity index (χ2n) is 4.37. The monoisotopic (exact) mass is 264 g/mol. The Kier molecular flexibility index (Phi) is 6.64. The molecule has 1 aromatic carbocycles. The maximum atomic E-state index is 11.5. The number of esters is 2. The lowest BCUT2D eigenvalue weighted by Gasteiger charge is -2.06. The summed E-state index contributed by atoms with van der Waals surface area (Å²) in [6, 6.07) is 7.91. The number of hydrogen-bond donors (Lipinski definition) is 0. The number of rotatable bonds is 7. The molecule has 1 rings (SSSR count). The van der Waals surface area contributed by atoms with Crippen molar-refractivity contribution >= 4 is 11.9 Å². The summed E-state index contributed by atoms with van der Waals surface area (Å²) in [4.78, 5) is 22.0. The van der Waals surface area contributed by atoms with Crippen LogP contribution in [0.1, 0.15) is 37.8 Å². The van der Waals surface area contributed by atoms with E-state index in [2.05, 4.69) is 17.7 Å². The lowest BCUT2D eigenvalue weighted by Crippen LogP contribution is -2.12. The Bertz CT molecular complexity index is 426. The molecule has 0 bridgehead atoms. The minimum atomic E-state index is -0.464.